The van der Waals surface area contributed by atoms with E-state index in [0.29, 0.717) is 12.0 Å². The number of carbonyl (C=O) groups is 1. The molecule has 2 rings (SSSR count). The van der Waals surface area contributed by atoms with Crippen LogP contribution in [-0.2, 0) is 14.3 Å². The molecule has 3 atom stereocenters. The molecule has 1 heterocycles. The van der Waals surface area contributed by atoms with Crippen molar-refractivity contribution in [1.29, 1.82) is 0 Å². The van der Waals surface area contributed by atoms with E-state index < -0.39 is 0 Å². The highest BCUT2D eigenvalue weighted by Gasteiger charge is 2.40. The van der Waals surface area contributed by atoms with Gasteiger partial charge in [-0.15, -0.1) is 0 Å². The lowest BCUT2D eigenvalue weighted by molar-refractivity contribution is -0.156. The summed E-state index contributed by atoms with van der Waals surface area (Å²) in [4.78, 5) is 13.7. The average molecular weight is 255 g/mol. The first-order chi connectivity index (χ1) is 8.72. The molecule has 1 aliphatic carbocycles. The van der Waals surface area contributed by atoms with Gasteiger partial charge in [0.1, 0.15) is 6.10 Å². The van der Waals surface area contributed by atoms with E-state index in [1.807, 2.05) is 0 Å². The summed E-state index contributed by atoms with van der Waals surface area (Å²) in [5.74, 6) is 0.405. The van der Waals surface area contributed by atoms with Gasteiger partial charge in [-0.25, -0.2) is 0 Å². The Morgan fingerprint density at radius 3 is 2.78 bits per heavy atom. The summed E-state index contributed by atoms with van der Waals surface area (Å²) in [6.07, 6.45) is 6.14. The van der Waals surface area contributed by atoms with Gasteiger partial charge in [-0.1, -0.05) is 12.8 Å². The Morgan fingerprint density at radius 2 is 2.06 bits per heavy atom. The van der Waals surface area contributed by atoms with E-state index in [1.54, 1.807) is 7.11 Å². The van der Waals surface area contributed by atoms with Crippen LogP contribution in [0.4, 0.5) is 0 Å². The summed E-state index contributed by atoms with van der Waals surface area (Å²) >= 11 is 0. The topological polar surface area (TPSA) is 38.8 Å². The van der Waals surface area contributed by atoms with Crippen molar-refractivity contribution < 1.29 is 14.3 Å². The number of methoxy groups -OCH3 is 1. The van der Waals surface area contributed by atoms with E-state index in [-0.39, 0.29) is 12.1 Å². The first-order valence-corrected chi connectivity index (χ1v) is 7.12. The normalized spacial score (nSPS) is 32.9. The summed E-state index contributed by atoms with van der Waals surface area (Å²) in [6.45, 7) is 4.35. The minimum Gasteiger partial charge on any atom is -0.462 e. The third kappa shape index (κ3) is 3.23. The minimum absolute atomic E-state index is 0.130. The molecule has 1 saturated heterocycles. The molecule has 4 heteroatoms. The average Bonchev–Trinajstić information content (AvgIpc) is 2.37. The van der Waals surface area contributed by atoms with Gasteiger partial charge in [0.2, 0.25) is 0 Å². The number of likely N-dealkylation sites (tertiary alicyclic amines) is 1. The Hall–Kier alpha value is -0.610. The third-order valence-electron chi connectivity index (χ3n) is 4.33. The maximum absolute atomic E-state index is 11.2. The van der Waals surface area contributed by atoms with Gasteiger partial charge < -0.3 is 9.47 Å². The molecule has 0 N–H and O–H groups in total. The zero-order valence-electron chi connectivity index (χ0n) is 11.6. The minimum atomic E-state index is -0.130. The number of fused-ring (bicyclic) bond motifs is 1. The van der Waals surface area contributed by atoms with E-state index in [0.717, 1.165) is 26.1 Å². The van der Waals surface area contributed by atoms with Crippen LogP contribution in [-0.4, -0.2) is 49.8 Å². The van der Waals surface area contributed by atoms with Crippen LogP contribution < -0.4 is 0 Å². The Kier molecular flexibility index (Phi) is 5.01. The van der Waals surface area contributed by atoms with Crippen LogP contribution in [0.5, 0.6) is 0 Å². The van der Waals surface area contributed by atoms with Gasteiger partial charge in [0.05, 0.1) is 6.61 Å². The Bertz CT molecular complexity index is 282. The molecule has 18 heavy (non-hydrogen) atoms. The highest BCUT2D eigenvalue weighted by Crippen LogP contribution is 2.36. The lowest BCUT2D eigenvalue weighted by Crippen LogP contribution is -2.54. The SMILES string of the molecule is COCCN1CC[C@H](OC(C)=O)[C@@H]2CCCC[C@H]21. The van der Waals surface area contributed by atoms with Crippen molar-refractivity contribution in [3.05, 3.63) is 0 Å². The Balaban J connectivity index is 1.98. The van der Waals surface area contributed by atoms with E-state index in [4.69, 9.17) is 9.47 Å². The molecule has 4 nitrogen and oxygen atoms in total. The number of hydrogen-bond acceptors (Lipinski definition) is 4. The Morgan fingerprint density at radius 1 is 1.28 bits per heavy atom. The fraction of sp³-hybridized carbons (Fsp3) is 0.929. The second-order valence-electron chi connectivity index (χ2n) is 5.48. The molecule has 0 spiro atoms. The fourth-order valence-corrected chi connectivity index (χ4v) is 3.55. The molecule has 2 fully saturated rings. The van der Waals surface area contributed by atoms with Crippen molar-refractivity contribution in [3.8, 4) is 0 Å². The molecule has 0 aromatic heterocycles. The molecule has 0 radical (unpaired) electrons. The third-order valence-corrected chi connectivity index (χ3v) is 4.33. The van der Waals surface area contributed by atoms with Crippen LogP contribution in [0.2, 0.25) is 0 Å². The van der Waals surface area contributed by atoms with E-state index in [1.165, 1.54) is 32.6 Å². The lowest BCUT2D eigenvalue weighted by atomic mass is 9.76. The predicted octanol–water partition coefficient (Wildman–Crippen LogP) is 1.83. The summed E-state index contributed by atoms with van der Waals surface area (Å²) in [5.41, 5.74) is 0. The summed E-state index contributed by atoms with van der Waals surface area (Å²) < 4.78 is 10.7. The smallest absolute Gasteiger partial charge is 0.302 e. The zero-order valence-corrected chi connectivity index (χ0v) is 11.6. The highest BCUT2D eigenvalue weighted by molar-refractivity contribution is 5.66. The maximum atomic E-state index is 11.2. The predicted molar refractivity (Wildman–Crippen MR) is 69.4 cm³/mol. The van der Waals surface area contributed by atoms with Crippen molar-refractivity contribution in [1.82, 2.24) is 4.90 Å². The molecule has 0 aromatic carbocycles. The zero-order chi connectivity index (χ0) is 13.0. The van der Waals surface area contributed by atoms with Gasteiger partial charge in [-0.05, 0) is 19.3 Å². The van der Waals surface area contributed by atoms with Crippen molar-refractivity contribution in [2.45, 2.75) is 51.2 Å². The number of piperidine rings is 1. The molecular formula is C14H25NO3. The van der Waals surface area contributed by atoms with Crippen LogP contribution in [0, 0.1) is 5.92 Å². The van der Waals surface area contributed by atoms with Crippen LogP contribution in [0.1, 0.15) is 39.0 Å². The summed E-state index contributed by atoms with van der Waals surface area (Å²) in [5, 5.41) is 0. The molecule has 0 bridgehead atoms. The van der Waals surface area contributed by atoms with E-state index in [9.17, 15) is 4.79 Å². The van der Waals surface area contributed by atoms with Crippen molar-refractivity contribution in [3.63, 3.8) is 0 Å². The molecule has 0 amide bonds. The quantitative estimate of drug-likeness (QED) is 0.718. The molecular weight excluding hydrogens is 230 g/mol. The van der Waals surface area contributed by atoms with Crippen LogP contribution in [0.15, 0.2) is 0 Å². The van der Waals surface area contributed by atoms with Crippen LogP contribution >= 0.6 is 0 Å². The monoisotopic (exact) mass is 255 g/mol. The number of rotatable bonds is 4. The number of nitrogens with zero attached hydrogens (tertiary/aromatic N) is 1. The second-order valence-corrected chi connectivity index (χ2v) is 5.48. The van der Waals surface area contributed by atoms with E-state index >= 15 is 0 Å². The van der Waals surface area contributed by atoms with Crippen LogP contribution in [0.3, 0.4) is 0 Å². The molecule has 2 aliphatic rings. The van der Waals surface area contributed by atoms with E-state index in [2.05, 4.69) is 4.90 Å². The number of esters is 1. The lowest BCUT2D eigenvalue weighted by Gasteiger charge is -2.47. The molecule has 104 valence electrons. The molecule has 1 aliphatic heterocycles. The molecule has 0 unspecified atom stereocenters. The number of carbonyl (C=O) groups excluding carboxylic acids is 1. The molecule has 0 aromatic rings. The highest BCUT2D eigenvalue weighted by atomic mass is 16.5. The van der Waals surface area contributed by atoms with Gasteiger partial charge in [0.25, 0.3) is 0 Å². The summed E-state index contributed by atoms with van der Waals surface area (Å²) in [7, 11) is 1.75. The van der Waals surface area contributed by atoms with Gasteiger partial charge in [-0.2, -0.15) is 0 Å². The fourth-order valence-electron chi connectivity index (χ4n) is 3.55. The van der Waals surface area contributed by atoms with Crippen molar-refractivity contribution in [2.75, 3.05) is 26.8 Å². The largest absolute Gasteiger partial charge is 0.462 e. The summed E-state index contributed by atoms with van der Waals surface area (Å²) in [6, 6.07) is 0.590. The standard InChI is InChI=1S/C14H25NO3/c1-11(16)18-14-7-8-15(9-10-17-2)13-6-4-3-5-12(13)14/h12-14H,3-10H2,1-2H3/t12-,13-,14+/m1/s1. The van der Waals surface area contributed by atoms with Gasteiger partial charge in [-0.3, -0.25) is 9.69 Å². The molecule has 1 saturated carbocycles. The van der Waals surface area contributed by atoms with Gasteiger partial charge >= 0.3 is 5.97 Å². The maximum Gasteiger partial charge on any atom is 0.302 e. The van der Waals surface area contributed by atoms with Gasteiger partial charge in [0.15, 0.2) is 0 Å². The first kappa shape index (κ1) is 13.8. The number of hydrogen-bond donors (Lipinski definition) is 0. The van der Waals surface area contributed by atoms with Crippen LogP contribution in [0.25, 0.3) is 0 Å². The second kappa shape index (κ2) is 6.53. The van der Waals surface area contributed by atoms with Crippen molar-refractivity contribution in [2.24, 2.45) is 5.92 Å². The Labute approximate surface area is 110 Å². The number of ether oxygens (including phenoxy) is 2. The first-order valence-electron chi connectivity index (χ1n) is 7.12. The van der Waals surface area contributed by atoms with Gasteiger partial charge in [0, 0.05) is 39.1 Å². The van der Waals surface area contributed by atoms with Crippen molar-refractivity contribution >= 4 is 5.97 Å².